The number of hydrogen-bond acceptors (Lipinski definition) is 2. The maximum Gasteiger partial charge on any atom is 0.0711 e. The van der Waals surface area contributed by atoms with Crippen LogP contribution in [0.15, 0.2) is 36.4 Å². The van der Waals surface area contributed by atoms with E-state index in [2.05, 4.69) is 29.6 Å². The predicted molar refractivity (Wildman–Crippen MR) is 78.8 cm³/mol. The second-order valence-electron chi connectivity index (χ2n) is 6.14. The van der Waals surface area contributed by atoms with E-state index in [1.54, 1.807) is 0 Å². The van der Waals surface area contributed by atoms with Crippen LogP contribution in [0.1, 0.15) is 44.1 Å². The SMILES string of the molecule is OC1(C/C=C/c2ccccc2)CC2CCCC(C1)N2. The summed E-state index contributed by atoms with van der Waals surface area (Å²) in [6.45, 7) is 0. The number of rotatable bonds is 3. The van der Waals surface area contributed by atoms with Crippen LogP contribution >= 0.6 is 0 Å². The monoisotopic (exact) mass is 257 g/mol. The van der Waals surface area contributed by atoms with Crippen molar-refractivity contribution in [2.75, 3.05) is 0 Å². The van der Waals surface area contributed by atoms with E-state index in [4.69, 9.17) is 0 Å². The van der Waals surface area contributed by atoms with Gasteiger partial charge in [-0.25, -0.2) is 0 Å². The number of fused-ring (bicyclic) bond motifs is 2. The maximum atomic E-state index is 10.8. The van der Waals surface area contributed by atoms with Crippen molar-refractivity contribution >= 4 is 6.08 Å². The van der Waals surface area contributed by atoms with Crippen LogP contribution < -0.4 is 5.32 Å². The van der Waals surface area contributed by atoms with Crippen LogP contribution in [0.5, 0.6) is 0 Å². The van der Waals surface area contributed by atoms with E-state index in [1.165, 1.54) is 24.8 Å². The molecule has 2 bridgehead atoms. The molecule has 2 nitrogen and oxygen atoms in total. The first-order valence-corrected chi connectivity index (χ1v) is 7.44. The van der Waals surface area contributed by atoms with Crippen LogP contribution in [0.3, 0.4) is 0 Å². The molecule has 2 saturated heterocycles. The summed E-state index contributed by atoms with van der Waals surface area (Å²) in [6.07, 6.45) is 10.6. The lowest BCUT2D eigenvalue weighted by molar-refractivity contribution is -0.0280. The van der Waals surface area contributed by atoms with E-state index in [-0.39, 0.29) is 0 Å². The highest BCUT2D eigenvalue weighted by Gasteiger charge is 2.39. The molecule has 2 fully saturated rings. The van der Waals surface area contributed by atoms with Crippen LogP contribution in [-0.2, 0) is 0 Å². The molecule has 0 saturated carbocycles. The predicted octanol–water partition coefficient (Wildman–Crippen LogP) is 3.13. The third-order valence-electron chi connectivity index (χ3n) is 4.44. The average molecular weight is 257 g/mol. The number of nitrogens with one attached hydrogen (secondary N) is 1. The molecular weight excluding hydrogens is 234 g/mol. The van der Waals surface area contributed by atoms with Gasteiger partial charge in [-0.2, -0.15) is 0 Å². The fraction of sp³-hybridized carbons (Fsp3) is 0.529. The molecule has 0 aliphatic carbocycles. The quantitative estimate of drug-likeness (QED) is 0.872. The van der Waals surface area contributed by atoms with Crippen LogP contribution in [0.2, 0.25) is 0 Å². The van der Waals surface area contributed by atoms with Gasteiger partial charge in [0.2, 0.25) is 0 Å². The summed E-state index contributed by atoms with van der Waals surface area (Å²) in [5.41, 5.74) is 0.715. The summed E-state index contributed by atoms with van der Waals surface area (Å²) in [7, 11) is 0. The third kappa shape index (κ3) is 3.26. The van der Waals surface area contributed by atoms with Crippen molar-refractivity contribution in [2.24, 2.45) is 0 Å². The van der Waals surface area contributed by atoms with Gasteiger partial charge in [0.25, 0.3) is 0 Å². The zero-order chi connectivity index (χ0) is 13.1. The molecule has 0 radical (unpaired) electrons. The molecule has 2 aliphatic heterocycles. The van der Waals surface area contributed by atoms with Gasteiger partial charge in [-0.05, 0) is 37.7 Å². The van der Waals surface area contributed by atoms with Crippen LogP contribution in [0, 0.1) is 0 Å². The smallest absolute Gasteiger partial charge is 0.0711 e. The van der Waals surface area contributed by atoms with Gasteiger partial charge in [-0.3, -0.25) is 0 Å². The van der Waals surface area contributed by atoms with Gasteiger partial charge < -0.3 is 10.4 Å². The van der Waals surface area contributed by atoms with Gasteiger partial charge >= 0.3 is 0 Å². The highest BCUT2D eigenvalue weighted by Crippen LogP contribution is 2.35. The molecule has 2 heteroatoms. The largest absolute Gasteiger partial charge is 0.389 e. The van der Waals surface area contributed by atoms with Gasteiger partial charge in [-0.1, -0.05) is 48.9 Å². The summed E-state index contributed by atoms with van der Waals surface area (Å²) in [6, 6.07) is 11.4. The minimum atomic E-state index is -0.494. The highest BCUT2D eigenvalue weighted by molar-refractivity contribution is 5.48. The van der Waals surface area contributed by atoms with Gasteiger partial charge in [-0.15, -0.1) is 0 Å². The summed E-state index contributed by atoms with van der Waals surface area (Å²) in [4.78, 5) is 0. The molecule has 2 N–H and O–H groups in total. The summed E-state index contributed by atoms with van der Waals surface area (Å²) >= 11 is 0. The van der Waals surface area contributed by atoms with Crippen molar-refractivity contribution in [2.45, 2.75) is 56.2 Å². The van der Waals surface area contributed by atoms with Crippen molar-refractivity contribution in [3.63, 3.8) is 0 Å². The zero-order valence-corrected chi connectivity index (χ0v) is 11.4. The van der Waals surface area contributed by atoms with Crippen LogP contribution in [0.4, 0.5) is 0 Å². The molecule has 3 rings (SSSR count). The molecule has 2 heterocycles. The Morgan fingerprint density at radius 2 is 1.84 bits per heavy atom. The fourth-order valence-corrected chi connectivity index (χ4v) is 3.58. The van der Waals surface area contributed by atoms with E-state index in [0.717, 1.165) is 19.3 Å². The average Bonchev–Trinajstić information content (AvgIpc) is 2.39. The fourth-order valence-electron chi connectivity index (χ4n) is 3.58. The molecule has 0 amide bonds. The lowest BCUT2D eigenvalue weighted by Crippen LogP contribution is -2.55. The standard InChI is InChI=1S/C17H23NO/c19-17(11-5-8-14-6-2-1-3-7-14)12-15-9-4-10-16(13-17)18-15/h1-3,5-8,15-16,18-19H,4,9-13H2/b8-5+. The molecule has 0 aromatic heterocycles. The van der Waals surface area contributed by atoms with Crippen molar-refractivity contribution < 1.29 is 5.11 Å². The second-order valence-corrected chi connectivity index (χ2v) is 6.14. The molecular formula is C17H23NO. The van der Waals surface area contributed by atoms with E-state index in [9.17, 15) is 5.11 Å². The first-order valence-electron chi connectivity index (χ1n) is 7.44. The Hall–Kier alpha value is -1.12. The Kier molecular flexibility index (Phi) is 3.72. The zero-order valence-electron chi connectivity index (χ0n) is 11.4. The van der Waals surface area contributed by atoms with Crippen molar-refractivity contribution in [3.8, 4) is 0 Å². The van der Waals surface area contributed by atoms with Crippen molar-refractivity contribution in [1.82, 2.24) is 5.32 Å². The lowest BCUT2D eigenvalue weighted by Gasteiger charge is -2.45. The van der Waals surface area contributed by atoms with Gasteiger partial charge in [0.1, 0.15) is 0 Å². The highest BCUT2D eigenvalue weighted by atomic mass is 16.3. The number of aliphatic hydroxyl groups is 1. The first-order chi connectivity index (χ1) is 9.23. The van der Waals surface area contributed by atoms with E-state index >= 15 is 0 Å². The summed E-state index contributed by atoms with van der Waals surface area (Å²) in [5, 5.41) is 14.4. The Morgan fingerprint density at radius 3 is 2.53 bits per heavy atom. The molecule has 1 aromatic carbocycles. The minimum Gasteiger partial charge on any atom is -0.389 e. The van der Waals surface area contributed by atoms with Crippen molar-refractivity contribution in [3.05, 3.63) is 42.0 Å². The van der Waals surface area contributed by atoms with Crippen LogP contribution in [0.25, 0.3) is 6.08 Å². The topological polar surface area (TPSA) is 32.3 Å². The molecule has 1 aromatic rings. The number of piperidine rings is 2. The Morgan fingerprint density at radius 1 is 1.16 bits per heavy atom. The number of hydrogen-bond donors (Lipinski definition) is 2. The van der Waals surface area contributed by atoms with Crippen LogP contribution in [-0.4, -0.2) is 22.8 Å². The van der Waals surface area contributed by atoms with E-state index in [1.807, 2.05) is 18.2 Å². The molecule has 2 aliphatic rings. The Bertz CT molecular complexity index is 428. The molecule has 2 unspecified atom stereocenters. The van der Waals surface area contributed by atoms with E-state index in [0.29, 0.717) is 12.1 Å². The summed E-state index contributed by atoms with van der Waals surface area (Å²) < 4.78 is 0. The molecule has 0 spiro atoms. The normalized spacial score (nSPS) is 34.6. The molecule has 2 atom stereocenters. The number of benzene rings is 1. The second kappa shape index (κ2) is 5.48. The minimum absolute atomic E-state index is 0.494. The third-order valence-corrected chi connectivity index (χ3v) is 4.44. The maximum absolute atomic E-state index is 10.8. The van der Waals surface area contributed by atoms with E-state index < -0.39 is 5.60 Å². The molecule has 19 heavy (non-hydrogen) atoms. The lowest BCUT2D eigenvalue weighted by atomic mass is 9.75. The molecule has 102 valence electrons. The van der Waals surface area contributed by atoms with Gasteiger partial charge in [0.05, 0.1) is 5.60 Å². The van der Waals surface area contributed by atoms with Gasteiger partial charge in [0.15, 0.2) is 0 Å². The first kappa shape index (κ1) is 12.9. The van der Waals surface area contributed by atoms with Gasteiger partial charge in [0, 0.05) is 12.1 Å². The summed E-state index contributed by atoms with van der Waals surface area (Å²) in [5.74, 6) is 0. The van der Waals surface area contributed by atoms with Crippen molar-refractivity contribution in [1.29, 1.82) is 0 Å². The Balaban J connectivity index is 1.61. The Labute approximate surface area is 115 Å².